The molecule has 88 valence electrons. The summed E-state index contributed by atoms with van der Waals surface area (Å²) in [5.41, 5.74) is 0.997. The summed E-state index contributed by atoms with van der Waals surface area (Å²) in [7, 11) is 0. The molecule has 1 aromatic carbocycles. The van der Waals surface area contributed by atoms with Gasteiger partial charge in [-0.05, 0) is 25.0 Å². The Morgan fingerprint density at radius 1 is 1.29 bits per heavy atom. The SMILES string of the molecule is O=C(CNCC#Cc1ccccc1)NC1CC1. The number of rotatable bonds is 4. The Morgan fingerprint density at radius 3 is 2.76 bits per heavy atom. The highest BCUT2D eigenvalue weighted by Gasteiger charge is 2.22. The van der Waals surface area contributed by atoms with E-state index in [0.717, 1.165) is 18.4 Å². The minimum atomic E-state index is 0.0639. The normalized spacial score (nSPS) is 13.6. The minimum Gasteiger partial charge on any atom is -0.352 e. The van der Waals surface area contributed by atoms with Crippen LogP contribution in [-0.2, 0) is 4.79 Å². The molecule has 2 N–H and O–H groups in total. The van der Waals surface area contributed by atoms with E-state index < -0.39 is 0 Å². The Labute approximate surface area is 102 Å². The highest BCUT2D eigenvalue weighted by atomic mass is 16.2. The Morgan fingerprint density at radius 2 is 2.06 bits per heavy atom. The second kappa shape index (κ2) is 6.07. The van der Waals surface area contributed by atoms with Crippen LogP contribution in [0.15, 0.2) is 30.3 Å². The van der Waals surface area contributed by atoms with Gasteiger partial charge in [0.1, 0.15) is 0 Å². The molecule has 0 heterocycles. The third-order valence-electron chi connectivity index (χ3n) is 2.45. The van der Waals surface area contributed by atoms with Crippen LogP contribution in [0.2, 0.25) is 0 Å². The van der Waals surface area contributed by atoms with Crippen LogP contribution < -0.4 is 10.6 Å². The van der Waals surface area contributed by atoms with Crippen LogP contribution >= 0.6 is 0 Å². The van der Waals surface area contributed by atoms with Gasteiger partial charge in [0, 0.05) is 11.6 Å². The number of carbonyl (C=O) groups excluding carboxylic acids is 1. The molecule has 3 heteroatoms. The maximum Gasteiger partial charge on any atom is 0.234 e. The predicted octanol–water partition coefficient (Wildman–Crippen LogP) is 0.906. The van der Waals surface area contributed by atoms with E-state index in [2.05, 4.69) is 22.5 Å². The van der Waals surface area contributed by atoms with E-state index in [1.165, 1.54) is 0 Å². The minimum absolute atomic E-state index is 0.0639. The van der Waals surface area contributed by atoms with Crippen molar-refractivity contribution >= 4 is 5.91 Å². The highest BCUT2D eigenvalue weighted by molar-refractivity contribution is 5.78. The number of hydrogen-bond donors (Lipinski definition) is 2. The number of hydrogen-bond acceptors (Lipinski definition) is 2. The lowest BCUT2D eigenvalue weighted by Gasteiger charge is -2.01. The molecule has 1 amide bonds. The van der Waals surface area contributed by atoms with Crippen molar-refractivity contribution in [2.24, 2.45) is 0 Å². The third kappa shape index (κ3) is 4.71. The Balaban J connectivity index is 1.62. The van der Waals surface area contributed by atoms with Gasteiger partial charge >= 0.3 is 0 Å². The number of carbonyl (C=O) groups is 1. The zero-order chi connectivity index (χ0) is 11.9. The largest absolute Gasteiger partial charge is 0.352 e. The van der Waals surface area contributed by atoms with E-state index in [9.17, 15) is 4.79 Å². The summed E-state index contributed by atoms with van der Waals surface area (Å²) in [6, 6.07) is 10.2. The molecule has 0 aliphatic heterocycles. The van der Waals surface area contributed by atoms with Crippen LogP contribution in [0.3, 0.4) is 0 Å². The zero-order valence-corrected chi connectivity index (χ0v) is 9.70. The zero-order valence-electron chi connectivity index (χ0n) is 9.70. The monoisotopic (exact) mass is 228 g/mol. The van der Waals surface area contributed by atoms with Gasteiger partial charge in [0.25, 0.3) is 0 Å². The van der Waals surface area contributed by atoms with Crippen molar-refractivity contribution in [3.63, 3.8) is 0 Å². The topological polar surface area (TPSA) is 41.1 Å². The average molecular weight is 228 g/mol. The van der Waals surface area contributed by atoms with Gasteiger partial charge in [-0.15, -0.1) is 0 Å². The first-order chi connectivity index (χ1) is 8.34. The van der Waals surface area contributed by atoms with Crippen molar-refractivity contribution in [2.45, 2.75) is 18.9 Å². The molecule has 0 aromatic heterocycles. The van der Waals surface area contributed by atoms with Crippen LogP contribution in [0.25, 0.3) is 0 Å². The molecule has 0 atom stereocenters. The molecule has 1 aliphatic carbocycles. The quantitative estimate of drug-likeness (QED) is 0.594. The second-order valence-electron chi connectivity index (χ2n) is 4.11. The van der Waals surface area contributed by atoms with Crippen molar-refractivity contribution in [2.75, 3.05) is 13.1 Å². The van der Waals surface area contributed by atoms with Gasteiger partial charge in [0.2, 0.25) is 5.91 Å². The molecule has 17 heavy (non-hydrogen) atoms. The van der Waals surface area contributed by atoms with Gasteiger partial charge in [0.15, 0.2) is 0 Å². The number of nitrogens with one attached hydrogen (secondary N) is 2. The number of benzene rings is 1. The lowest BCUT2D eigenvalue weighted by atomic mass is 10.2. The van der Waals surface area contributed by atoms with Gasteiger partial charge in [-0.1, -0.05) is 30.0 Å². The van der Waals surface area contributed by atoms with Crippen molar-refractivity contribution < 1.29 is 4.79 Å². The standard InChI is InChI=1S/C14H16N2O/c17-14(16-13-8-9-13)11-15-10-4-7-12-5-2-1-3-6-12/h1-3,5-6,13,15H,8-11H2,(H,16,17). The lowest BCUT2D eigenvalue weighted by Crippen LogP contribution is -2.35. The smallest absolute Gasteiger partial charge is 0.234 e. The molecular weight excluding hydrogens is 212 g/mol. The van der Waals surface area contributed by atoms with Crippen LogP contribution in [0, 0.1) is 11.8 Å². The van der Waals surface area contributed by atoms with E-state index in [1.54, 1.807) is 0 Å². The fraction of sp³-hybridized carbons (Fsp3) is 0.357. The molecule has 0 radical (unpaired) electrons. The molecule has 2 rings (SSSR count). The van der Waals surface area contributed by atoms with Gasteiger partial charge < -0.3 is 5.32 Å². The molecule has 1 aliphatic rings. The third-order valence-corrected chi connectivity index (χ3v) is 2.45. The van der Waals surface area contributed by atoms with E-state index in [1.807, 2.05) is 30.3 Å². The molecule has 3 nitrogen and oxygen atoms in total. The van der Waals surface area contributed by atoms with Gasteiger partial charge in [-0.3, -0.25) is 10.1 Å². The molecule has 0 bridgehead atoms. The maximum absolute atomic E-state index is 11.3. The van der Waals surface area contributed by atoms with E-state index in [0.29, 0.717) is 19.1 Å². The van der Waals surface area contributed by atoms with Gasteiger partial charge in [-0.25, -0.2) is 0 Å². The fourth-order valence-electron chi connectivity index (χ4n) is 1.41. The van der Waals surface area contributed by atoms with Gasteiger partial charge in [-0.2, -0.15) is 0 Å². The molecule has 1 fully saturated rings. The van der Waals surface area contributed by atoms with Crippen molar-refractivity contribution in [1.29, 1.82) is 0 Å². The first-order valence-corrected chi connectivity index (χ1v) is 5.88. The molecular formula is C14H16N2O. The van der Waals surface area contributed by atoms with Crippen molar-refractivity contribution in [3.8, 4) is 11.8 Å². The number of amides is 1. The predicted molar refractivity (Wildman–Crippen MR) is 67.4 cm³/mol. The first kappa shape index (κ1) is 11.7. The van der Waals surface area contributed by atoms with E-state index in [4.69, 9.17) is 0 Å². The lowest BCUT2D eigenvalue weighted by molar-refractivity contribution is -0.120. The molecule has 0 saturated heterocycles. The van der Waals surface area contributed by atoms with E-state index in [-0.39, 0.29) is 5.91 Å². The van der Waals surface area contributed by atoms with Crippen LogP contribution in [0.5, 0.6) is 0 Å². The summed E-state index contributed by atoms with van der Waals surface area (Å²) >= 11 is 0. The van der Waals surface area contributed by atoms with E-state index >= 15 is 0 Å². The molecule has 1 saturated carbocycles. The molecule has 1 aromatic rings. The summed E-state index contributed by atoms with van der Waals surface area (Å²) in [4.78, 5) is 11.3. The summed E-state index contributed by atoms with van der Waals surface area (Å²) in [5, 5.41) is 5.92. The summed E-state index contributed by atoms with van der Waals surface area (Å²) < 4.78 is 0. The highest BCUT2D eigenvalue weighted by Crippen LogP contribution is 2.17. The summed E-state index contributed by atoms with van der Waals surface area (Å²) in [5.74, 6) is 6.08. The van der Waals surface area contributed by atoms with Gasteiger partial charge in [0.05, 0.1) is 13.1 Å². The Hall–Kier alpha value is -1.79. The maximum atomic E-state index is 11.3. The average Bonchev–Trinajstić information content (AvgIpc) is 3.14. The Kier molecular flexibility index (Phi) is 4.17. The molecule has 0 unspecified atom stereocenters. The second-order valence-corrected chi connectivity index (χ2v) is 4.11. The van der Waals surface area contributed by atoms with Crippen molar-refractivity contribution in [1.82, 2.24) is 10.6 Å². The Bertz CT molecular complexity index is 427. The summed E-state index contributed by atoms with van der Waals surface area (Å²) in [6.07, 6.45) is 2.25. The van der Waals surface area contributed by atoms with Crippen LogP contribution in [0.4, 0.5) is 0 Å². The first-order valence-electron chi connectivity index (χ1n) is 5.88. The molecule has 0 spiro atoms. The van der Waals surface area contributed by atoms with Crippen LogP contribution in [0.1, 0.15) is 18.4 Å². The fourth-order valence-corrected chi connectivity index (χ4v) is 1.41. The summed E-state index contributed by atoms with van der Waals surface area (Å²) in [6.45, 7) is 0.882. The van der Waals surface area contributed by atoms with Crippen LogP contribution in [-0.4, -0.2) is 25.0 Å². The van der Waals surface area contributed by atoms with Crippen molar-refractivity contribution in [3.05, 3.63) is 35.9 Å².